The number of carbonyl (C=O) groups is 2. The molecule has 0 aromatic carbocycles. The highest BCUT2D eigenvalue weighted by atomic mass is 16.2. The maximum absolute atomic E-state index is 11.9. The lowest BCUT2D eigenvalue weighted by Crippen LogP contribution is -2.56. The fourth-order valence-electron chi connectivity index (χ4n) is 2.11. The Labute approximate surface area is 109 Å². The highest BCUT2D eigenvalue weighted by Gasteiger charge is 2.28. The van der Waals surface area contributed by atoms with Crippen LogP contribution in [0.1, 0.15) is 6.92 Å². The smallest absolute Gasteiger partial charge is 0.319 e. The molecule has 1 unspecified atom stereocenters. The Kier molecular flexibility index (Phi) is 4.95. The van der Waals surface area contributed by atoms with Gasteiger partial charge in [-0.25, -0.2) is 4.79 Å². The van der Waals surface area contributed by atoms with Crippen LogP contribution in [0.3, 0.4) is 0 Å². The van der Waals surface area contributed by atoms with Gasteiger partial charge in [0, 0.05) is 54.4 Å². The summed E-state index contributed by atoms with van der Waals surface area (Å²) in [5.74, 6) is 0.113. The third kappa shape index (κ3) is 3.35. The average molecular weight is 256 g/mol. The molecule has 1 heterocycles. The zero-order valence-electron chi connectivity index (χ0n) is 12.0. The molecular formula is C12H24N4O2. The molecule has 1 atom stereocenters. The Bertz CT molecular complexity index is 309. The molecule has 1 fully saturated rings. The van der Waals surface area contributed by atoms with Crippen LogP contribution >= 0.6 is 0 Å². The minimum absolute atomic E-state index is 0.0428. The summed E-state index contributed by atoms with van der Waals surface area (Å²) >= 11 is 0. The van der Waals surface area contributed by atoms with E-state index in [0.717, 1.165) is 13.1 Å². The monoisotopic (exact) mass is 256 g/mol. The summed E-state index contributed by atoms with van der Waals surface area (Å²) in [6.45, 7) is 4.79. The molecule has 0 saturated carbocycles. The highest BCUT2D eigenvalue weighted by Crippen LogP contribution is 2.09. The first-order chi connectivity index (χ1) is 8.34. The van der Waals surface area contributed by atoms with Gasteiger partial charge in [-0.05, 0) is 6.92 Å². The number of hydrogen-bond donors (Lipinski definition) is 0. The van der Waals surface area contributed by atoms with E-state index in [4.69, 9.17) is 0 Å². The summed E-state index contributed by atoms with van der Waals surface area (Å²) in [6.07, 6.45) is 0. The number of urea groups is 1. The first-order valence-corrected chi connectivity index (χ1v) is 6.26. The Balaban J connectivity index is 2.49. The molecule has 0 radical (unpaired) electrons. The number of nitrogens with zero attached hydrogens (tertiary/aromatic N) is 4. The predicted octanol–water partition coefficient (Wildman–Crippen LogP) is -0.238. The molecule has 0 aliphatic carbocycles. The van der Waals surface area contributed by atoms with E-state index in [1.54, 1.807) is 38.0 Å². The number of piperazine rings is 1. The number of rotatable bonds is 2. The quantitative estimate of drug-likeness (QED) is 0.685. The van der Waals surface area contributed by atoms with Crippen molar-refractivity contribution in [2.24, 2.45) is 0 Å². The highest BCUT2D eigenvalue weighted by molar-refractivity contribution is 5.81. The van der Waals surface area contributed by atoms with Crippen molar-refractivity contribution in [3.63, 3.8) is 0 Å². The van der Waals surface area contributed by atoms with Gasteiger partial charge >= 0.3 is 6.03 Å². The van der Waals surface area contributed by atoms with Crippen LogP contribution in [0.15, 0.2) is 0 Å². The third-order valence-electron chi connectivity index (χ3n) is 3.31. The second-order valence-electron chi connectivity index (χ2n) is 5.11. The Morgan fingerprint density at radius 3 is 1.83 bits per heavy atom. The molecule has 3 amide bonds. The van der Waals surface area contributed by atoms with E-state index in [2.05, 4.69) is 4.90 Å². The summed E-state index contributed by atoms with van der Waals surface area (Å²) in [5.41, 5.74) is 0. The standard InChI is InChI=1S/C12H24N4O2/c1-10(11(17)13(2)3)15-6-8-16(9-7-15)12(18)14(4)5/h10H,6-9H2,1-5H3. The van der Waals surface area contributed by atoms with E-state index in [1.165, 1.54) is 0 Å². The summed E-state index contributed by atoms with van der Waals surface area (Å²) in [7, 11) is 7.05. The van der Waals surface area contributed by atoms with E-state index in [-0.39, 0.29) is 18.0 Å². The van der Waals surface area contributed by atoms with Crippen LogP contribution in [0.2, 0.25) is 0 Å². The molecule has 1 rings (SSSR count). The van der Waals surface area contributed by atoms with Crippen LogP contribution in [0, 0.1) is 0 Å². The molecule has 6 heteroatoms. The Morgan fingerprint density at radius 1 is 0.944 bits per heavy atom. The van der Waals surface area contributed by atoms with E-state index in [1.807, 2.05) is 11.8 Å². The van der Waals surface area contributed by atoms with Crippen LogP contribution in [-0.2, 0) is 4.79 Å². The van der Waals surface area contributed by atoms with Gasteiger partial charge in [-0.2, -0.15) is 0 Å². The SMILES string of the molecule is CC(C(=O)N(C)C)N1CCN(C(=O)N(C)C)CC1. The lowest BCUT2D eigenvalue weighted by molar-refractivity contribution is -0.134. The second kappa shape index (κ2) is 6.04. The van der Waals surface area contributed by atoms with Crippen LogP contribution < -0.4 is 0 Å². The zero-order valence-corrected chi connectivity index (χ0v) is 12.0. The molecule has 1 aliphatic heterocycles. The fraction of sp³-hybridized carbons (Fsp3) is 0.833. The van der Waals surface area contributed by atoms with Crippen molar-refractivity contribution in [1.82, 2.24) is 19.6 Å². The van der Waals surface area contributed by atoms with E-state index >= 15 is 0 Å². The van der Waals surface area contributed by atoms with Gasteiger partial charge in [0.05, 0.1) is 6.04 Å². The van der Waals surface area contributed by atoms with Gasteiger partial charge < -0.3 is 14.7 Å². The van der Waals surface area contributed by atoms with E-state index < -0.39 is 0 Å². The number of amides is 3. The molecule has 0 spiro atoms. The molecule has 1 aliphatic rings. The summed E-state index contributed by atoms with van der Waals surface area (Å²) in [4.78, 5) is 30.8. The topological polar surface area (TPSA) is 47.1 Å². The van der Waals surface area contributed by atoms with Crippen LogP contribution in [-0.4, -0.2) is 91.9 Å². The van der Waals surface area contributed by atoms with Gasteiger partial charge in [0.2, 0.25) is 5.91 Å². The largest absolute Gasteiger partial charge is 0.347 e. The molecule has 6 nitrogen and oxygen atoms in total. The maximum Gasteiger partial charge on any atom is 0.319 e. The molecule has 0 aromatic rings. The zero-order chi connectivity index (χ0) is 13.9. The number of hydrogen-bond acceptors (Lipinski definition) is 3. The maximum atomic E-state index is 11.9. The molecule has 1 saturated heterocycles. The molecular weight excluding hydrogens is 232 g/mol. The van der Waals surface area contributed by atoms with Crippen molar-refractivity contribution in [3.05, 3.63) is 0 Å². The van der Waals surface area contributed by atoms with Gasteiger partial charge in [0.15, 0.2) is 0 Å². The van der Waals surface area contributed by atoms with E-state index in [9.17, 15) is 9.59 Å². The summed E-state index contributed by atoms with van der Waals surface area (Å²) < 4.78 is 0. The van der Waals surface area contributed by atoms with Crippen LogP contribution in [0.25, 0.3) is 0 Å². The lowest BCUT2D eigenvalue weighted by atomic mass is 10.2. The van der Waals surface area contributed by atoms with Gasteiger partial charge in [-0.1, -0.05) is 0 Å². The molecule has 0 aromatic heterocycles. The van der Waals surface area contributed by atoms with Gasteiger partial charge in [0.1, 0.15) is 0 Å². The normalized spacial score (nSPS) is 18.4. The first kappa shape index (κ1) is 14.8. The van der Waals surface area contributed by atoms with Crippen molar-refractivity contribution < 1.29 is 9.59 Å². The van der Waals surface area contributed by atoms with Crippen molar-refractivity contribution in [2.75, 3.05) is 54.4 Å². The number of likely N-dealkylation sites (N-methyl/N-ethyl adjacent to an activating group) is 1. The molecule has 0 bridgehead atoms. The Hall–Kier alpha value is -1.30. The fourth-order valence-corrected chi connectivity index (χ4v) is 2.11. The predicted molar refractivity (Wildman–Crippen MR) is 70.4 cm³/mol. The van der Waals surface area contributed by atoms with Crippen molar-refractivity contribution in [2.45, 2.75) is 13.0 Å². The van der Waals surface area contributed by atoms with Crippen molar-refractivity contribution in [3.8, 4) is 0 Å². The van der Waals surface area contributed by atoms with Crippen LogP contribution in [0.4, 0.5) is 4.79 Å². The molecule has 0 N–H and O–H groups in total. The third-order valence-corrected chi connectivity index (χ3v) is 3.31. The van der Waals surface area contributed by atoms with Crippen molar-refractivity contribution >= 4 is 11.9 Å². The van der Waals surface area contributed by atoms with E-state index in [0.29, 0.717) is 13.1 Å². The second-order valence-corrected chi connectivity index (χ2v) is 5.11. The van der Waals surface area contributed by atoms with Crippen LogP contribution in [0.5, 0.6) is 0 Å². The van der Waals surface area contributed by atoms with Crippen molar-refractivity contribution in [1.29, 1.82) is 0 Å². The summed E-state index contributed by atoms with van der Waals surface area (Å²) in [5, 5.41) is 0. The van der Waals surface area contributed by atoms with Gasteiger partial charge in [-0.15, -0.1) is 0 Å². The number of carbonyl (C=O) groups excluding carboxylic acids is 2. The lowest BCUT2D eigenvalue weighted by Gasteiger charge is -2.38. The minimum Gasteiger partial charge on any atom is -0.347 e. The Morgan fingerprint density at radius 2 is 1.44 bits per heavy atom. The first-order valence-electron chi connectivity index (χ1n) is 6.26. The summed E-state index contributed by atoms with van der Waals surface area (Å²) in [6, 6.07) is -0.0714. The van der Waals surface area contributed by atoms with Gasteiger partial charge in [0.25, 0.3) is 0 Å². The average Bonchev–Trinajstić information content (AvgIpc) is 2.36. The molecule has 18 heavy (non-hydrogen) atoms. The van der Waals surface area contributed by atoms with Gasteiger partial charge in [-0.3, -0.25) is 9.69 Å². The molecule has 104 valence electrons. The minimum atomic E-state index is -0.114.